The van der Waals surface area contributed by atoms with Crippen LogP contribution >= 0.6 is 7.92 Å². The van der Waals surface area contributed by atoms with Gasteiger partial charge in [0.15, 0.2) is 0 Å². The number of allylic oxidation sites excluding steroid dienone is 2. The maximum absolute atomic E-state index is 11.7. The number of ketones is 1. The van der Waals surface area contributed by atoms with Crippen LogP contribution < -0.4 is 0 Å². The third-order valence-corrected chi connectivity index (χ3v) is 9.10. The monoisotopic (exact) mass is 208 g/mol. The zero-order valence-electron chi connectivity index (χ0n) is 9.13. The first-order valence-corrected chi connectivity index (χ1v) is 7.03. The lowest BCUT2D eigenvalue weighted by atomic mass is 9.59. The molecule has 0 amide bonds. The Hall–Kier alpha value is -0.160. The smallest absolute Gasteiger partial charge is 0.134 e. The standard InChI is InChI=1S/C12H17OP/c1-4-14-10(2)5-6-12(10)8-9(13)7-11(12,14)3/h5-6H,4,7-8H2,1-3H3. The van der Waals surface area contributed by atoms with Gasteiger partial charge in [0.25, 0.3) is 0 Å². The van der Waals surface area contributed by atoms with Crippen molar-refractivity contribution in [1.82, 2.24) is 0 Å². The van der Waals surface area contributed by atoms with Gasteiger partial charge in [0, 0.05) is 28.6 Å². The summed E-state index contributed by atoms with van der Waals surface area (Å²) < 4.78 is 0. The fraction of sp³-hybridized carbons (Fsp3) is 0.750. The van der Waals surface area contributed by atoms with Gasteiger partial charge in [-0.3, -0.25) is 4.79 Å². The van der Waals surface area contributed by atoms with Crippen molar-refractivity contribution in [2.75, 3.05) is 6.16 Å². The van der Waals surface area contributed by atoms with Crippen LogP contribution in [0.3, 0.4) is 0 Å². The molecule has 3 aliphatic rings. The van der Waals surface area contributed by atoms with Crippen LogP contribution in [0.15, 0.2) is 12.2 Å². The van der Waals surface area contributed by atoms with Crippen molar-refractivity contribution in [3.63, 3.8) is 0 Å². The van der Waals surface area contributed by atoms with Crippen molar-refractivity contribution in [2.24, 2.45) is 5.41 Å². The normalized spacial score (nSPS) is 58.8. The van der Waals surface area contributed by atoms with Crippen LogP contribution in [0.4, 0.5) is 0 Å². The summed E-state index contributed by atoms with van der Waals surface area (Å²) in [4.78, 5) is 11.7. The van der Waals surface area contributed by atoms with Crippen LogP contribution in [0, 0.1) is 5.41 Å². The molecule has 2 heteroatoms. The van der Waals surface area contributed by atoms with E-state index in [0.717, 1.165) is 12.8 Å². The van der Waals surface area contributed by atoms with Crippen molar-refractivity contribution in [2.45, 2.75) is 43.9 Å². The first kappa shape index (κ1) is 9.09. The largest absolute Gasteiger partial charge is 0.300 e. The fourth-order valence-electron chi connectivity index (χ4n) is 4.40. The second kappa shape index (κ2) is 2.16. The molecule has 4 unspecified atom stereocenters. The van der Waals surface area contributed by atoms with E-state index in [1.165, 1.54) is 6.16 Å². The Morgan fingerprint density at radius 2 is 2.07 bits per heavy atom. The second-order valence-electron chi connectivity index (χ2n) is 5.36. The van der Waals surface area contributed by atoms with Crippen LogP contribution in [0.1, 0.15) is 33.6 Å². The Morgan fingerprint density at radius 3 is 2.57 bits per heavy atom. The maximum atomic E-state index is 11.7. The minimum absolute atomic E-state index is 0.0427. The average Bonchev–Trinajstić information content (AvgIpc) is 2.37. The van der Waals surface area contributed by atoms with Crippen molar-refractivity contribution in [3.05, 3.63) is 12.2 Å². The third kappa shape index (κ3) is 0.583. The lowest BCUT2D eigenvalue weighted by Crippen LogP contribution is -2.69. The number of rotatable bonds is 1. The number of Topliss-reactive ketones (excluding diaryl/α,β-unsaturated/α-hetero) is 1. The fourth-order valence-corrected chi connectivity index (χ4v) is 8.98. The van der Waals surface area contributed by atoms with E-state index in [1.807, 2.05) is 0 Å². The quantitative estimate of drug-likeness (QED) is 0.478. The molecule has 0 radical (unpaired) electrons. The summed E-state index contributed by atoms with van der Waals surface area (Å²) in [6.07, 6.45) is 7.68. The summed E-state index contributed by atoms with van der Waals surface area (Å²) in [7, 11) is 0.0427. The first-order valence-electron chi connectivity index (χ1n) is 5.50. The van der Waals surface area contributed by atoms with E-state index < -0.39 is 0 Å². The lowest BCUT2D eigenvalue weighted by Gasteiger charge is -2.75. The van der Waals surface area contributed by atoms with Crippen LogP contribution in [-0.4, -0.2) is 22.3 Å². The Bertz CT molecular complexity index is 361. The predicted octanol–water partition coefficient (Wildman–Crippen LogP) is 2.94. The van der Waals surface area contributed by atoms with Gasteiger partial charge in [-0.15, -0.1) is 0 Å². The summed E-state index contributed by atoms with van der Waals surface area (Å²) in [5.41, 5.74) is 0.290. The number of hydrogen-bond acceptors (Lipinski definition) is 1. The molecule has 14 heavy (non-hydrogen) atoms. The molecule has 76 valence electrons. The molecule has 0 aromatic rings. The van der Waals surface area contributed by atoms with Crippen LogP contribution in [-0.2, 0) is 4.79 Å². The highest BCUT2D eigenvalue weighted by Crippen LogP contribution is 2.90. The molecule has 1 saturated carbocycles. The minimum atomic E-state index is 0.0427. The molecule has 1 heterocycles. The van der Waals surface area contributed by atoms with E-state index in [4.69, 9.17) is 0 Å². The van der Waals surface area contributed by atoms with Crippen molar-refractivity contribution < 1.29 is 4.79 Å². The van der Waals surface area contributed by atoms with E-state index in [-0.39, 0.29) is 7.92 Å². The molecule has 1 saturated heterocycles. The zero-order valence-corrected chi connectivity index (χ0v) is 10.0. The summed E-state index contributed by atoms with van der Waals surface area (Å²) >= 11 is 0. The van der Waals surface area contributed by atoms with Gasteiger partial charge in [0.05, 0.1) is 0 Å². The summed E-state index contributed by atoms with van der Waals surface area (Å²) in [5.74, 6) is 0.501. The molecule has 4 atom stereocenters. The molecule has 0 aromatic heterocycles. The molecule has 3 rings (SSSR count). The highest BCUT2D eigenvalue weighted by Gasteiger charge is 2.79. The third-order valence-electron chi connectivity index (χ3n) is 5.05. The Morgan fingerprint density at radius 1 is 1.36 bits per heavy atom. The molecule has 2 aliphatic carbocycles. The number of hydrogen-bond donors (Lipinski definition) is 0. The summed E-state index contributed by atoms with van der Waals surface area (Å²) in [6, 6.07) is 0. The first-order chi connectivity index (χ1) is 6.50. The summed E-state index contributed by atoms with van der Waals surface area (Å²) in [5, 5.41) is 0.773. The molecule has 1 spiro atoms. The Labute approximate surface area is 86.7 Å². The molecule has 0 bridgehead atoms. The van der Waals surface area contributed by atoms with E-state index >= 15 is 0 Å². The zero-order chi connectivity index (χ0) is 10.2. The molecular formula is C12H17OP. The maximum Gasteiger partial charge on any atom is 0.134 e. The highest BCUT2D eigenvalue weighted by molar-refractivity contribution is 7.63. The van der Waals surface area contributed by atoms with Crippen molar-refractivity contribution >= 4 is 13.7 Å². The minimum Gasteiger partial charge on any atom is -0.300 e. The Kier molecular flexibility index (Phi) is 1.41. The van der Waals surface area contributed by atoms with Crippen LogP contribution in [0.2, 0.25) is 0 Å². The van der Waals surface area contributed by atoms with Gasteiger partial charge < -0.3 is 0 Å². The Balaban J connectivity index is 2.11. The van der Waals surface area contributed by atoms with Gasteiger partial charge in [0.1, 0.15) is 5.78 Å². The summed E-state index contributed by atoms with van der Waals surface area (Å²) in [6.45, 7) is 7.03. The molecule has 0 N–H and O–H groups in total. The van der Waals surface area contributed by atoms with E-state index in [9.17, 15) is 4.79 Å². The van der Waals surface area contributed by atoms with Gasteiger partial charge in [0.2, 0.25) is 0 Å². The van der Waals surface area contributed by atoms with E-state index in [2.05, 4.69) is 32.9 Å². The van der Waals surface area contributed by atoms with Gasteiger partial charge in [-0.25, -0.2) is 0 Å². The molecule has 2 fully saturated rings. The molecule has 1 aliphatic heterocycles. The van der Waals surface area contributed by atoms with E-state index in [1.54, 1.807) is 0 Å². The van der Waals surface area contributed by atoms with Gasteiger partial charge in [-0.05, 0) is 6.16 Å². The van der Waals surface area contributed by atoms with E-state index in [0.29, 0.717) is 21.5 Å². The highest BCUT2D eigenvalue weighted by atomic mass is 31.1. The van der Waals surface area contributed by atoms with Crippen molar-refractivity contribution in [1.29, 1.82) is 0 Å². The number of carbonyl (C=O) groups is 1. The molecule has 1 nitrogen and oxygen atoms in total. The van der Waals surface area contributed by atoms with Gasteiger partial charge >= 0.3 is 0 Å². The second-order valence-corrected chi connectivity index (χ2v) is 8.77. The van der Waals surface area contributed by atoms with Gasteiger partial charge in [-0.1, -0.05) is 40.8 Å². The topological polar surface area (TPSA) is 17.1 Å². The molecular weight excluding hydrogens is 191 g/mol. The average molecular weight is 208 g/mol. The molecule has 0 aromatic carbocycles. The van der Waals surface area contributed by atoms with Crippen LogP contribution in [0.25, 0.3) is 0 Å². The number of carbonyl (C=O) groups excluding carboxylic acids is 1. The predicted molar refractivity (Wildman–Crippen MR) is 60.1 cm³/mol. The lowest BCUT2D eigenvalue weighted by molar-refractivity contribution is -0.117. The van der Waals surface area contributed by atoms with Gasteiger partial charge in [-0.2, -0.15) is 0 Å². The van der Waals surface area contributed by atoms with Crippen molar-refractivity contribution in [3.8, 4) is 0 Å². The SMILES string of the molecule is CCP1C2(C)C=CC23CC(=O)CC13C. The van der Waals surface area contributed by atoms with Crippen LogP contribution in [0.5, 0.6) is 0 Å².